The van der Waals surface area contributed by atoms with Crippen molar-refractivity contribution in [2.75, 3.05) is 0 Å². The van der Waals surface area contributed by atoms with Gasteiger partial charge in [0.05, 0.1) is 29.3 Å². The highest BCUT2D eigenvalue weighted by Crippen LogP contribution is 2.24. The van der Waals surface area contributed by atoms with Crippen LogP contribution < -0.4 is 0 Å². The Hall–Kier alpha value is -1.42. The highest BCUT2D eigenvalue weighted by atomic mass is 35.5. The van der Waals surface area contributed by atoms with Gasteiger partial charge in [-0.3, -0.25) is 4.98 Å². The molecule has 2 heterocycles. The molecular formula is C9H8ClN3O. The molecule has 0 N–H and O–H groups in total. The van der Waals surface area contributed by atoms with E-state index in [-0.39, 0.29) is 0 Å². The summed E-state index contributed by atoms with van der Waals surface area (Å²) >= 11 is 5.64. The van der Waals surface area contributed by atoms with Crippen LogP contribution in [0.15, 0.2) is 16.9 Å². The van der Waals surface area contributed by atoms with Gasteiger partial charge in [-0.25, -0.2) is 4.98 Å². The second-order valence-corrected chi connectivity index (χ2v) is 3.31. The third-order valence-corrected chi connectivity index (χ3v) is 2.11. The molecule has 0 saturated heterocycles. The summed E-state index contributed by atoms with van der Waals surface area (Å²) in [6.45, 7) is 3.70. The fourth-order valence-electron chi connectivity index (χ4n) is 1.29. The van der Waals surface area contributed by atoms with Gasteiger partial charge < -0.3 is 4.52 Å². The van der Waals surface area contributed by atoms with E-state index in [4.69, 9.17) is 16.1 Å². The standard InChI is InChI=1S/C9H8ClN3O/c1-5-9(6(2)14-13-5)7-3-12-8(10)4-11-7/h3-4H,1-2H3. The first-order valence-corrected chi connectivity index (χ1v) is 4.47. The third kappa shape index (κ3) is 1.48. The molecule has 0 amide bonds. The van der Waals surface area contributed by atoms with E-state index in [0.29, 0.717) is 5.15 Å². The normalized spacial score (nSPS) is 10.5. The molecule has 0 fully saturated rings. The molecule has 0 bridgehead atoms. The Kier molecular flexibility index (Phi) is 2.21. The fraction of sp³-hybridized carbons (Fsp3) is 0.222. The van der Waals surface area contributed by atoms with Crippen molar-refractivity contribution in [3.05, 3.63) is 29.0 Å². The number of rotatable bonds is 1. The molecule has 0 aliphatic carbocycles. The molecule has 0 aliphatic heterocycles. The van der Waals surface area contributed by atoms with Crippen molar-refractivity contribution in [3.63, 3.8) is 0 Å². The number of aromatic nitrogens is 3. The molecule has 0 unspecified atom stereocenters. The quantitative estimate of drug-likeness (QED) is 0.724. The zero-order chi connectivity index (χ0) is 10.1. The summed E-state index contributed by atoms with van der Waals surface area (Å²) in [5.41, 5.74) is 2.42. The minimum atomic E-state index is 0.375. The van der Waals surface area contributed by atoms with Crippen LogP contribution >= 0.6 is 11.6 Å². The minimum absolute atomic E-state index is 0.375. The van der Waals surface area contributed by atoms with Gasteiger partial charge in [0, 0.05) is 0 Å². The average molecular weight is 210 g/mol. The lowest BCUT2D eigenvalue weighted by atomic mass is 10.1. The molecule has 0 atom stereocenters. The van der Waals surface area contributed by atoms with E-state index in [1.165, 1.54) is 6.20 Å². The summed E-state index contributed by atoms with van der Waals surface area (Å²) in [5.74, 6) is 0.735. The molecule has 2 aromatic heterocycles. The van der Waals surface area contributed by atoms with E-state index < -0.39 is 0 Å². The highest BCUT2D eigenvalue weighted by molar-refractivity contribution is 6.29. The van der Waals surface area contributed by atoms with Crippen LogP contribution in [0.25, 0.3) is 11.3 Å². The van der Waals surface area contributed by atoms with Crippen LogP contribution in [-0.4, -0.2) is 15.1 Å². The van der Waals surface area contributed by atoms with Gasteiger partial charge >= 0.3 is 0 Å². The smallest absolute Gasteiger partial charge is 0.147 e. The van der Waals surface area contributed by atoms with Crippen molar-refractivity contribution >= 4 is 11.6 Å². The summed E-state index contributed by atoms with van der Waals surface area (Å²) in [6, 6.07) is 0. The predicted molar refractivity (Wildman–Crippen MR) is 52.0 cm³/mol. The third-order valence-electron chi connectivity index (χ3n) is 1.91. The summed E-state index contributed by atoms with van der Waals surface area (Å²) < 4.78 is 5.03. The van der Waals surface area contributed by atoms with Crippen molar-refractivity contribution in [1.82, 2.24) is 15.1 Å². The van der Waals surface area contributed by atoms with Gasteiger partial charge in [-0.05, 0) is 13.8 Å². The molecule has 0 spiro atoms. The van der Waals surface area contributed by atoms with E-state index in [1.807, 2.05) is 13.8 Å². The Balaban J connectivity index is 2.54. The average Bonchev–Trinajstić information content (AvgIpc) is 2.49. The highest BCUT2D eigenvalue weighted by Gasteiger charge is 2.12. The maximum atomic E-state index is 5.64. The molecule has 72 valence electrons. The summed E-state index contributed by atoms with van der Waals surface area (Å²) in [6.07, 6.45) is 3.11. The Morgan fingerprint density at radius 3 is 2.50 bits per heavy atom. The topological polar surface area (TPSA) is 51.8 Å². The Bertz CT molecular complexity index is 430. The molecular weight excluding hydrogens is 202 g/mol. The van der Waals surface area contributed by atoms with E-state index in [1.54, 1.807) is 6.20 Å². The van der Waals surface area contributed by atoms with E-state index >= 15 is 0 Å². The van der Waals surface area contributed by atoms with Gasteiger partial charge in [-0.2, -0.15) is 0 Å². The number of aryl methyl sites for hydroxylation is 2. The molecule has 0 saturated carbocycles. The van der Waals surface area contributed by atoms with Crippen LogP contribution in [0.3, 0.4) is 0 Å². The Labute approximate surface area is 85.9 Å². The van der Waals surface area contributed by atoms with Crippen LogP contribution in [0.4, 0.5) is 0 Å². The zero-order valence-corrected chi connectivity index (χ0v) is 8.54. The number of halogens is 1. The summed E-state index contributed by atoms with van der Waals surface area (Å²) in [4.78, 5) is 8.10. The minimum Gasteiger partial charge on any atom is -0.361 e. The molecule has 2 rings (SSSR count). The molecule has 5 heteroatoms. The fourth-order valence-corrected chi connectivity index (χ4v) is 1.39. The first kappa shape index (κ1) is 9.15. The monoisotopic (exact) mass is 209 g/mol. The second-order valence-electron chi connectivity index (χ2n) is 2.92. The largest absolute Gasteiger partial charge is 0.361 e. The lowest BCUT2D eigenvalue weighted by Gasteiger charge is -1.97. The van der Waals surface area contributed by atoms with Gasteiger partial charge in [0.2, 0.25) is 0 Å². The van der Waals surface area contributed by atoms with E-state index in [0.717, 1.165) is 22.7 Å². The Morgan fingerprint density at radius 1 is 1.21 bits per heavy atom. The predicted octanol–water partition coefficient (Wildman–Crippen LogP) is 2.40. The first-order valence-electron chi connectivity index (χ1n) is 4.09. The molecule has 0 aromatic carbocycles. The SMILES string of the molecule is Cc1noc(C)c1-c1cnc(Cl)cn1. The lowest BCUT2D eigenvalue weighted by Crippen LogP contribution is -1.87. The summed E-state index contributed by atoms with van der Waals surface area (Å²) in [5, 5.41) is 4.21. The van der Waals surface area contributed by atoms with Crippen LogP contribution in [0.1, 0.15) is 11.5 Å². The Morgan fingerprint density at radius 2 is 2.00 bits per heavy atom. The second kappa shape index (κ2) is 3.38. The van der Waals surface area contributed by atoms with Crippen molar-refractivity contribution < 1.29 is 4.52 Å². The molecule has 14 heavy (non-hydrogen) atoms. The van der Waals surface area contributed by atoms with Crippen molar-refractivity contribution in [3.8, 4) is 11.3 Å². The van der Waals surface area contributed by atoms with Gasteiger partial charge in [-0.1, -0.05) is 16.8 Å². The van der Waals surface area contributed by atoms with Crippen molar-refractivity contribution in [2.45, 2.75) is 13.8 Å². The number of hydrogen-bond donors (Lipinski definition) is 0. The number of nitrogens with zero attached hydrogens (tertiary/aromatic N) is 3. The van der Waals surface area contributed by atoms with E-state index in [2.05, 4.69) is 15.1 Å². The van der Waals surface area contributed by atoms with Gasteiger partial charge in [0.25, 0.3) is 0 Å². The first-order chi connectivity index (χ1) is 6.68. The molecule has 0 radical (unpaired) electrons. The van der Waals surface area contributed by atoms with Crippen molar-refractivity contribution in [2.24, 2.45) is 0 Å². The van der Waals surface area contributed by atoms with Gasteiger partial charge in [-0.15, -0.1) is 0 Å². The van der Waals surface area contributed by atoms with Crippen molar-refractivity contribution in [1.29, 1.82) is 0 Å². The van der Waals surface area contributed by atoms with Crippen LogP contribution in [0.5, 0.6) is 0 Å². The van der Waals surface area contributed by atoms with Crippen LogP contribution in [0.2, 0.25) is 5.15 Å². The van der Waals surface area contributed by atoms with Gasteiger partial charge in [0.15, 0.2) is 0 Å². The van der Waals surface area contributed by atoms with Gasteiger partial charge in [0.1, 0.15) is 10.9 Å². The molecule has 2 aromatic rings. The molecule has 0 aliphatic rings. The zero-order valence-electron chi connectivity index (χ0n) is 7.78. The lowest BCUT2D eigenvalue weighted by molar-refractivity contribution is 0.393. The van der Waals surface area contributed by atoms with Crippen LogP contribution in [0, 0.1) is 13.8 Å². The summed E-state index contributed by atoms with van der Waals surface area (Å²) in [7, 11) is 0. The maximum Gasteiger partial charge on any atom is 0.147 e. The maximum absolute atomic E-state index is 5.64. The van der Waals surface area contributed by atoms with Crippen LogP contribution in [-0.2, 0) is 0 Å². The number of hydrogen-bond acceptors (Lipinski definition) is 4. The van der Waals surface area contributed by atoms with E-state index in [9.17, 15) is 0 Å². The molecule has 4 nitrogen and oxygen atoms in total.